The number of nitrogens with one attached hydrogen (secondary N) is 2. The van der Waals surface area contributed by atoms with Crippen molar-refractivity contribution in [2.75, 3.05) is 39.5 Å². The molecule has 2 aromatic carbocycles. The van der Waals surface area contributed by atoms with E-state index in [0.717, 1.165) is 0 Å². The van der Waals surface area contributed by atoms with E-state index in [-0.39, 0.29) is 13.2 Å². The summed E-state index contributed by atoms with van der Waals surface area (Å²) in [6.45, 7) is 10.5. The van der Waals surface area contributed by atoms with Crippen molar-refractivity contribution in [2.24, 2.45) is 0 Å². The standard InChI is InChI=1S/C27H42N2O6/c1-20(2)28-16-22(30)18-34-26-10-5-8-24(14-26)32-12-7-13-33-25-9-6-11-27(15-25)35-19-23(31)17-29-21(3)4/h5-6,8-11,14-15,20-23,28-31H,7,12-13,16-19H2,1-4H3/t22-,23-/m0/s1. The summed E-state index contributed by atoms with van der Waals surface area (Å²) in [6.07, 6.45) is -0.444. The fourth-order valence-corrected chi connectivity index (χ4v) is 2.99. The van der Waals surface area contributed by atoms with Crippen LogP contribution in [0.5, 0.6) is 23.0 Å². The van der Waals surface area contributed by atoms with E-state index in [2.05, 4.69) is 10.6 Å². The Labute approximate surface area is 209 Å². The molecule has 2 aromatic rings. The summed E-state index contributed by atoms with van der Waals surface area (Å²) in [5.74, 6) is 2.73. The van der Waals surface area contributed by atoms with Crippen LogP contribution in [0, 0.1) is 0 Å². The Balaban J connectivity index is 1.65. The maximum Gasteiger partial charge on any atom is 0.123 e. The predicted molar refractivity (Wildman–Crippen MR) is 138 cm³/mol. The number of aliphatic hydroxyl groups excluding tert-OH is 2. The lowest BCUT2D eigenvalue weighted by molar-refractivity contribution is 0.104. The SMILES string of the molecule is CC(C)NC[C@H](O)COc1cccc(OCCCOc2cccc(OC[C@@H](O)CNC(C)C)c2)c1. The third kappa shape index (κ3) is 13.2. The number of hydrogen-bond acceptors (Lipinski definition) is 8. The Morgan fingerprint density at radius 1 is 0.629 bits per heavy atom. The van der Waals surface area contributed by atoms with Gasteiger partial charge in [0.1, 0.15) is 48.4 Å². The highest BCUT2D eigenvalue weighted by Gasteiger charge is 2.08. The second-order valence-electron chi connectivity index (χ2n) is 9.06. The topological polar surface area (TPSA) is 101 Å². The number of benzene rings is 2. The fraction of sp³-hybridized carbons (Fsp3) is 0.556. The Bertz CT molecular complexity index is 765. The molecule has 2 rings (SSSR count). The molecule has 0 bridgehead atoms. The molecular formula is C27H42N2O6. The van der Waals surface area contributed by atoms with Crippen LogP contribution in [0.4, 0.5) is 0 Å². The van der Waals surface area contributed by atoms with Gasteiger partial charge >= 0.3 is 0 Å². The Morgan fingerprint density at radius 3 is 1.37 bits per heavy atom. The second kappa shape index (κ2) is 16.2. The minimum atomic E-state index is -0.574. The average molecular weight is 491 g/mol. The van der Waals surface area contributed by atoms with Gasteiger partial charge in [0.25, 0.3) is 0 Å². The van der Waals surface area contributed by atoms with Gasteiger partial charge in [-0.2, -0.15) is 0 Å². The van der Waals surface area contributed by atoms with E-state index in [1.807, 2.05) is 76.2 Å². The monoisotopic (exact) mass is 490 g/mol. The van der Waals surface area contributed by atoms with Crippen molar-refractivity contribution >= 4 is 0 Å². The van der Waals surface area contributed by atoms with Crippen LogP contribution < -0.4 is 29.6 Å². The summed E-state index contributed by atoms with van der Waals surface area (Å²) in [6, 6.07) is 15.4. The summed E-state index contributed by atoms with van der Waals surface area (Å²) < 4.78 is 23.0. The summed E-state index contributed by atoms with van der Waals surface area (Å²) in [7, 11) is 0. The van der Waals surface area contributed by atoms with Crippen molar-refractivity contribution in [3.63, 3.8) is 0 Å². The van der Waals surface area contributed by atoms with Gasteiger partial charge in [-0.1, -0.05) is 39.8 Å². The van der Waals surface area contributed by atoms with Crippen LogP contribution in [0.3, 0.4) is 0 Å². The summed E-state index contributed by atoms with van der Waals surface area (Å²) in [5, 5.41) is 26.3. The smallest absolute Gasteiger partial charge is 0.123 e. The van der Waals surface area contributed by atoms with E-state index in [1.165, 1.54) is 0 Å². The second-order valence-corrected chi connectivity index (χ2v) is 9.06. The molecule has 0 aliphatic heterocycles. The molecule has 2 atom stereocenters. The minimum Gasteiger partial charge on any atom is -0.493 e. The molecule has 0 aliphatic carbocycles. The predicted octanol–water partition coefficient (Wildman–Crippen LogP) is 3.01. The lowest BCUT2D eigenvalue weighted by Gasteiger charge is -2.16. The Kier molecular flexibility index (Phi) is 13.3. The third-order valence-corrected chi connectivity index (χ3v) is 4.85. The van der Waals surface area contributed by atoms with Crippen molar-refractivity contribution in [3.05, 3.63) is 48.5 Å². The lowest BCUT2D eigenvalue weighted by Crippen LogP contribution is -2.35. The van der Waals surface area contributed by atoms with Crippen LogP contribution in [0.2, 0.25) is 0 Å². The van der Waals surface area contributed by atoms with Gasteiger partial charge in [0.15, 0.2) is 0 Å². The molecule has 0 heterocycles. The molecule has 196 valence electrons. The van der Waals surface area contributed by atoms with Gasteiger partial charge in [-0.25, -0.2) is 0 Å². The first kappa shape index (κ1) is 28.7. The molecule has 0 saturated heterocycles. The van der Waals surface area contributed by atoms with Crippen LogP contribution in [0.25, 0.3) is 0 Å². The van der Waals surface area contributed by atoms with Crippen LogP contribution in [0.15, 0.2) is 48.5 Å². The van der Waals surface area contributed by atoms with E-state index in [1.54, 1.807) is 0 Å². The van der Waals surface area contributed by atoms with E-state index >= 15 is 0 Å². The normalized spacial score (nSPS) is 13.0. The quantitative estimate of drug-likeness (QED) is 0.237. The lowest BCUT2D eigenvalue weighted by atomic mass is 10.3. The van der Waals surface area contributed by atoms with E-state index in [0.29, 0.717) is 67.8 Å². The highest BCUT2D eigenvalue weighted by molar-refractivity contribution is 5.33. The summed E-state index contributed by atoms with van der Waals surface area (Å²) in [5.41, 5.74) is 0. The number of hydrogen-bond donors (Lipinski definition) is 4. The number of aliphatic hydroxyl groups is 2. The maximum atomic E-state index is 9.98. The molecule has 0 unspecified atom stereocenters. The van der Waals surface area contributed by atoms with Crippen molar-refractivity contribution in [1.29, 1.82) is 0 Å². The highest BCUT2D eigenvalue weighted by atomic mass is 16.5. The zero-order chi connectivity index (χ0) is 25.5. The van der Waals surface area contributed by atoms with Crippen LogP contribution >= 0.6 is 0 Å². The first-order chi connectivity index (χ1) is 16.8. The molecule has 0 fully saturated rings. The average Bonchev–Trinajstić information content (AvgIpc) is 2.84. The van der Waals surface area contributed by atoms with Gasteiger partial charge in [0.05, 0.1) is 13.2 Å². The molecular weight excluding hydrogens is 448 g/mol. The first-order valence-electron chi connectivity index (χ1n) is 12.4. The molecule has 0 saturated carbocycles. The van der Waals surface area contributed by atoms with Gasteiger partial charge in [0, 0.05) is 43.7 Å². The molecule has 8 heteroatoms. The zero-order valence-electron chi connectivity index (χ0n) is 21.4. The summed E-state index contributed by atoms with van der Waals surface area (Å²) >= 11 is 0. The van der Waals surface area contributed by atoms with Crippen molar-refractivity contribution in [3.8, 4) is 23.0 Å². The van der Waals surface area contributed by atoms with E-state index in [9.17, 15) is 10.2 Å². The minimum absolute atomic E-state index is 0.216. The van der Waals surface area contributed by atoms with Crippen molar-refractivity contribution in [1.82, 2.24) is 10.6 Å². The van der Waals surface area contributed by atoms with Gasteiger partial charge in [-0.3, -0.25) is 0 Å². The molecule has 4 N–H and O–H groups in total. The molecule has 0 aromatic heterocycles. The van der Waals surface area contributed by atoms with Crippen LogP contribution in [-0.2, 0) is 0 Å². The van der Waals surface area contributed by atoms with Gasteiger partial charge in [-0.15, -0.1) is 0 Å². The van der Waals surface area contributed by atoms with E-state index < -0.39 is 12.2 Å². The van der Waals surface area contributed by atoms with Crippen molar-refractivity contribution in [2.45, 2.75) is 58.4 Å². The third-order valence-electron chi connectivity index (χ3n) is 4.85. The van der Waals surface area contributed by atoms with Gasteiger partial charge in [0.2, 0.25) is 0 Å². The first-order valence-corrected chi connectivity index (χ1v) is 12.4. The van der Waals surface area contributed by atoms with Crippen LogP contribution in [-0.4, -0.2) is 74.0 Å². The molecule has 0 amide bonds. The molecule has 0 spiro atoms. The number of ether oxygens (including phenoxy) is 4. The molecule has 8 nitrogen and oxygen atoms in total. The molecule has 0 aliphatic rings. The Morgan fingerprint density at radius 2 is 1.00 bits per heavy atom. The van der Waals surface area contributed by atoms with Gasteiger partial charge < -0.3 is 39.8 Å². The Hall–Kier alpha value is -2.52. The largest absolute Gasteiger partial charge is 0.493 e. The highest BCUT2D eigenvalue weighted by Crippen LogP contribution is 2.21. The van der Waals surface area contributed by atoms with Gasteiger partial charge in [-0.05, 0) is 24.3 Å². The fourth-order valence-electron chi connectivity index (χ4n) is 2.99. The van der Waals surface area contributed by atoms with Crippen molar-refractivity contribution < 1.29 is 29.2 Å². The summed E-state index contributed by atoms with van der Waals surface area (Å²) in [4.78, 5) is 0. The maximum absolute atomic E-state index is 9.98. The molecule has 35 heavy (non-hydrogen) atoms. The molecule has 0 radical (unpaired) electrons. The zero-order valence-corrected chi connectivity index (χ0v) is 21.4. The van der Waals surface area contributed by atoms with E-state index in [4.69, 9.17) is 18.9 Å². The van der Waals surface area contributed by atoms with Crippen LogP contribution in [0.1, 0.15) is 34.1 Å². The number of rotatable bonds is 18.